The molecule has 4 spiro atoms. The number of ether oxygens (including phenoxy) is 2. The van der Waals surface area contributed by atoms with Gasteiger partial charge < -0.3 is 41.0 Å². The zero-order valence-electron chi connectivity index (χ0n) is 46.4. The molecule has 408 valence electrons. The molecule has 3 heterocycles. The van der Waals surface area contributed by atoms with Gasteiger partial charge in [0, 0.05) is 47.7 Å². The number of nitrogens with one attached hydrogen (secondary N) is 1. The molecule has 2 saturated heterocycles. The van der Waals surface area contributed by atoms with E-state index in [0.717, 1.165) is 94.6 Å². The number of nitrogens with two attached hydrogens (primary N) is 1. The Morgan fingerprint density at radius 1 is 0.907 bits per heavy atom. The van der Waals surface area contributed by atoms with Crippen LogP contribution in [0, 0.1) is 85.3 Å². The Hall–Kier alpha value is -2.97. The van der Waals surface area contributed by atoms with Gasteiger partial charge in [0.05, 0.1) is 29.7 Å². The number of epoxide rings is 1. The molecule has 7 saturated carbocycles. The number of rotatable bonds is 8. The van der Waals surface area contributed by atoms with E-state index < -0.39 is 62.2 Å². The van der Waals surface area contributed by atoms with Crippen molar-refractivity contribution in [1.29, 1.82) is 0 Å². The van der Waals surface area contributed by atoms with E-state index in [4.69, 9.17) is 15.2 Å². The zero-order chi connectivity index (χ0) is 52.2. The van der Waals surface area contributed by atoms with E-state index >= 15 is 4.79 Å². The number of aliphatic hydroxyl groups is 4. The molecule has 13 rings (SSSR count). The molecule has 7 N–H and O–H groups in total. The summed E-state index contributed by atoms with van der Waals surface area (Å²) in [5, 5.41) is 55.1. The fraction of sp³-hybridized carbons (Fsp3) is 0.773. The number of fused-ring (bicyclic) bond motifs is 5. The predicted molar refractivity (Wildman–Crippen MR) is 291 cm³/mol. The molecule has 0 amide bonds. The van der Waals surface area contributed by atoms with E-state index in [1.807, 2.05) is 26.0 Å². The van der Waals surface area contributed by atoms with Crippen molar-refractivity contribution in [1.82, 2.24) is 5.32 Å². The number of dihydropyridines is 1. The third-order valence-electron chi connectivity index (χ3n) is 26.2. The monoisotopic (exact) mass is 1020 g/mol. The van der Waals surface area contributed by atoms with Crippen molar-refractivity contribution in [3.8, 4) is 11.8 Å². The van der Waals surface area contributed by atoms with Crippen LogP contribution in [0.4, 0.5) is 0 Å². The average Bonchev–Trinajstić information content (AvgIpc) is 3.89. The Balaban J connectivity index is 0.940. The molecule has 0 radical (unpaired) electrons. The van der Waals surface area contributed by atoms with Gasteiger partial charge in [-0.05, 0) is 209 Å². The molecule has 1 aromatic rings. The first-order valence-corrected chi connectivity index (χ1v) is 30.5. The molecular weight excluding hydrogens is 933 g/mol. The lowest BCUT2D eigenvalue weighted by Gasteiger charge is -2.71. The molecule has 9 aliphatic carbocycles. The second-order valence-corrected chi connectivity index (χ2v) is 29.3. The number of allylic oxidation sites excluding steroid dienone is 3. The van der Waals surface area contributed by atoms with E-state index in [-0.39, 0.29) is 47.4 Å². The highest BCUT2D eigenvalue weighted by molar-refractivity contribution is 5.96. The van der Waals surface area contributed by atoms with E-state index in [9.17, 15) is 20.4 Å². The van der Waals surface area contributed by atoms with Gasteiger partial charge in [-0.1, -0.05) is 95.6 Å². The standard InChI is InChI=1S/C66H92N2O7/c1-42-22-34-74-65(37-42,56-55(75-56)60(5,72)57(2,41-69)27-19-43-21-33-68-52(67)35-43)49-20-28-66(73)47-36-48(70)54-59(4)53(47)46(38-58(49,66)3)18-17-45-14-7-6-13-44(45)15-12-16-50-62(30-29-61(40-62)23-8-9-24-61)31-32-64(50,59)39-51(71)63(54)25-10-11-26-63/h6-7,13-14,21,35-36,42,46,49-51,53-56,68-69,71-73H,8-11,15,17-20,22-34,37-41,67H2,1-5H3. The fourth-order valence-corrected chi connectivity index (χ4v) is 22.3. The van der Waals surface area contributed by atoms with Crippen LogP contribution in [0.15, 0.2) is 59.5 Å². The molecule has 12 aliphatic rings. The highest BCUT2D eigenvalue weighted by Gasteiger charge is 2.81. The summed E-state index contributed by atoms with van der Waals surface area (Å²) in [6.45, 7) is 12.2. The lowest BCUT2D eigenvalue weighted by atomic mass is 9.32. The molecule has 17 unspecified atom stereocenters. The number of hydrogen-bond acceptors (Lipinski definition) is 9. The van der Waals surface area contributed by atoms with Crippen molar-refractivity contribution in [2.75, 3.05) is 19.8 Å². The van der Waals surface area contributed by atoms with Gasteiger partial charge in [-0.2, -0.15) is 0 Å². The minimum Gasteiger partial charge on any atom is -0.396 e. The molecule has 0 aromatic heterocycles. The Kier molecular flexibility index (Phi) is 12.0. The lowest BCUT2D eigenvalue weighted by Crippen LogP contribution is -2.72. The van der Waals surface area contributed by atoms with E-state index in [2.05, 4.69) is 68.3 Å². The molecule has 9 nitrogen and oxygen atoms in total. The van der Waals surface area contributed by atoms with Crippen LogP contribution in [0.25, 0.3) is 0 Å². The first-order valence-electron chi connectivity index (χ1n) is 30.5. The van der Waals surface area contributed by atoms with Gasteiger partial charge >= 0.3 is 0 Å². The van der Waals surface area contributed by atoms with Gasteiger partial charge in [0.15, 0.2) is 5.78 Å². The first kappa shape index (κ1) is 51.5. The molecule has 9 heteroatoms. The van der Waals surface area contributed by atoms with Crippen molar-refractivity contribution < 1.29 is 34.7 Å². The van der Waals surface area contributed by atoms with Gasteiger partial charge in [0.25, 0.3) is 0 Å². The third kappa shape index (κ3) is 7.06. The molecule has 0 bridgehead atoms. The van der Waals surface area contributed by atoms with E-state index in [0.29, 0.717) is 56.0 Å². The molecule has 1 aromatic carbocycles. The van der Waals surface area contributed by atoms with Crippen molar-refractivity contribution in [2.45, 2.75) is 224 Å². The molecule has 75 heavy (non-hydrogen) atoms. The number of hydrogen-bond donors (Lipinski definition) is 6. The van der Waals surface area contributed by atoms with Gasteiger partial charge in [-0.15, -0.1) is 0 Å². The maximum Gasteiger partial charge on any atom is 0.160 e. The van der Waals surface area contributed by atoms with Crippen LogP contribution in [-0.4, -0.2) is 81.1 Å². The van der Waals surface area contributed by atoms with Crippen LogP contribution in [0.5, 0.6) is 0 Å². The minimum atomic E-state index is -1.40. The van der Waals surface area contributed by atoms with E-state index in [1.165, 1.54) is 56.1 Å². The minimum absolute atomic E-state index is 0.0480. The van der Waals surface area contributed by atoms with E-state index in [1.54, 1.807) is 0 Å². The van der Waals surface area contributed by atoms with Crippen molar-refractivity contribution in [2.24, 2.45) is 79.1 Å². The molecule has 9 fully saturated rings. The first-order chi connectivity index (χ1) is 35.8. The quantitative estimate of drug-likeness (QED) is 0.110. The normalized spacial score (nSPS) is 46.5. The second-order valence-electron chi connectivity index (χ2n) is 29.3. The summed E-state index contributed by atoms with van der Waals surface area (Å²) in [4.78, 5) is 16.3. The molecule has 17 atom stereocenters. The number of carbonyl (C=O) groups excluding carboxylic acids is 1. The highest BCUT2D eigenvalue weighted by Crippen LogP contribution is 2.83. The molecule has 3 aliphatic heterocycles. The Bertz CT molecular complexity index is 2630. The summed E-state index contributed by atoms with van der Waals surface area (Å²) in [7, 11) is 0. The third-order valence-corrected chi connectivity index (χ3v) is 26.2. The maximum atomic E-state index is 16.3. The van der Waals surface area contributed by atoms with Crippen LogP contribution < -0.4 is 11.1 Å². The van der Waals surface area contributed by atoms with Crippen LogP contribution in [-0.2, 0) is 27.1 Å². The molecular formula is C66H92N2O7. The highest BCUT2D eigenvalue weighted by atomic mass is 16.6. The van der Waals surface area contributed by atoms with Crippen LogP contribution >= 0.6 is 0 Å². The summed E-state index contributed by atoms with van der Waals surface area (Å²) >= 11 is 0. The zero-order valence-corrected chi connectivity index (χ0v) is 46.4. The number of ketones is 1. The Morgan fingerprint density at radius 3 is 2.40 bits per heavy atom. The Labute approximate surface area is 449 Å². The summed E-state index contributed by atoms with van der Waals surface area (Å²) < 4.78 is 14.4. The van der Waals surface area contributed by atoms with Crippen molar-refractivity contribution >= 4 is 5.78 Å². The van der Waals surface area contributed by atoms with Gasteiger partial charge in [-0.3, -0.25) is 4.79 Å². The summed E-state index contributed by atoms with van der Waals surface area (Å²) in [6, 6.07) is 9.02. The smallest absolute Gasteiger partial charge is 0.160 e. The number of aliphatic hydroxyl groups excluding tert-OH is 2. The summed E-state index contributed by atoms with van der Waals surface area (Å²) in [5.74, 6) is 9.01. The van der Waals surface area contributed by atoms with Crippen molar-refractivity contribution in [3.63, 3.8) is 0 Å². The Morgan fingerprint density at radius 2 is 1.65 bits per heavy atom. The second kappa shape index (κ2) is 17.5. The van der Waals surface area contributed by atoms with Crippen LogP contribution in [0.3, 0.4) is 0 Å². The predicted octanol–water partition coefficient (Wildman–Crippen LogP) is 10.4. The average molecular weight is 1030 g/mol. The lowest BCUT2D eigenvalue weighted by molar-refractivity contribution is -0.241. The largest absolute Gasteiger partial charge is 0.396 e. The summed E-state index contributed by atoms with van der Waals surface area (Å²) in [5.41, 5.74) is 4.94. The van der Waals surface area contributed by atoms with Crippen molar-refractivity contribution in [3.05, 3.63) is 70.6 Å². The fourth-order valence-electron chi connectivity index (χ4n) is 22.3. The topological polar surface area (TPSA) is 158 Å². The SMILES string of the molecule is CC1CCOC(C2OC2C(C)(O)C(C)(CO)CCC2=CCNC(N)=C2)(C2CCC3(O)C4=CC(=O)C5C6(CCCC6)C(O)CC67CCC8(CCC9(CCCC9)C8)C6C#CCc6ccccc6CCC(CC23C)C4C57C)C1. The maximum absolute atomic E-state index is 16.3. The van der Waals surface area contributed by atoms with Crippen LogP contribution in [0.2, 0.25) is 0 Å². The number of benzene rings is 1. The number of carbonyl (C=O) groups is 1. The van der Waals surface area contributed by atoms with Gasteiger partial charge in [-0.25, -0.2) is 0 Å². The summed E-state index contributed by atoms with van der Waals surface area (Å²) in [6.07, 6.45) is 27.7. The number of aryl methyl sites for hydroxylation is 1. The van der Waals surface area contributed by atoms with Crippen LogP contribution in [0.1, 0.15) is 187 Å². The van der Waals surface area contributed by atoms with Gasteiger partial charge in [0.2, 0.25) is 0 Å². The van der Waals surface area contributed by atoms with Gasteiger partial charge in [0.1, 0.15) is 17.8 Å².